The fraction of sp³-hybridized carbons (Fsp3) is 0.920. The van der Waals surface area contributed by atoms with E-state index in [0.29, 0.717) is 13.0 Å². The Morgan fingerprint density at radius 1 is 0.789 bits per heavy atom. The number of carbonyl (C=O) groups excluding carboxylic acids is 2. The average molecular weight is 584 g/mol. The number of nitrogens with one attached hydrogen (secondary N) is 1. The summed E-state index contributed by atoms with van der Waals surface area (Å²) in [4.78, 5) is 44.4. The first kappa shape index (κ1) is 43.4. The van der Waals surface area contributed by atoms with Gasteiger partial charge in [-0.15, -0.1) is 0 Å². The number of hydrogen-bond donors (Lipinski definition) is 1. The van der Waals surface area contributed by atoms with Crippen molar-refractivity contribution < 1.29 is 102 Å². The van der Waals surface area contributed by atoms with Crippen molar-refractivity contribution in [2.45, 2.75) is 116 Å². The first-order valence-corrected chi connectivity index (χ1v) is 15.0. The van der Waals surface area contributed by atoms with Crippen molar-refractivity contribution in [3.8, 4) is 0 Å². The molecular weight excluding hydrogens is 535 g/mol. The number of hydrogen-bond acceptors (Lipinski definition) is 9. The summed E-state index contributed by atoms with van der Waals surface area (Å²) in [7, 11) is -5.17. The fourth-order valence-corrected chi connectivity index (χ4v) is 3.89. The molecule has 1 N–H and O–H groups in total. The van der Waals surface area contributed by atoms with Gasteiger partial charge in [-0.2, -0.15) is 0 Å². The van der Waals surface area contributed by atoms with Crippen LogP contribution in [0, 0.1) is 0 Å². The van der Waals surface area contributed by atoms with Crippen LogP contribution >= 0.6 is 7.82 Å². The van der Waals surface area contributed by atoms with Gasteiger partial charge in [-0.05, 0) is 19.3 Å². The van der Waals surface area contributed by atoms with Gasteiger partial charge in [0.25, 0.3) is 0 Å². The molecule has 1 amide bonds. The van der Waals surface area contributed by atoms with Crippen molar-refractivity contribution in [3.05, 3.63) is 0 Å². The molecule has 0 saturated heterocycles. The van der Waals surface area contributed by atoms with Crippen LogP contribution in [0.5, 0.6) is 0 Å². The third-order valence-corrected chi connectivity index (χ3v) is 5.98. The maximum atomic E-state index is 12.1. The number of phosphoric acid groups is 1. The molecule has 0 heterocycles. The molecule has 13 heteroatoms. The third-order valence-electron chi connectivity index (χ3n) is 5.51. The van der Waals surface area contributed by atoms with Crippen LogP contribution in [0.4, 0.5) is 0 Å². The Morgan fingerprint density at radius 2 is 1.34 bits per heavy atom. The van der Waals surface area contributed by atoms with Crippen LogP contribution in [0.1, 0.15) is 110 Å². The summed E-state index contributed by atoms with van der Waals surface area (Å²) in [6, 6.07) is 0. The van der Waals surface area contributed by atoms with E-state index in [0.717, 1.165) is 70.8 Å². The monoisotopic (exact) mass is 583 g/mol. The number of carbonyl (C=O) groups is 2. The Kier molecular flexibility index (Phi) is 35.3. The maximum Gasteiger partial charge on any atom is 1.00 e. The minimum Gasteiger partial charge on any atom is -0.790 e. The molecule has 0 rings (SSSR count). The molecule has 0 radical (unpaired) electrons. The van der Waals surface area contributed by atoms with Crippen molar-refractivity contribution in [1.82, 2.24) is 5.32 Å². The molecule has 0 aromatic carbocycles. The molecule has 214 valence electrons. The second-order valence-electron chi connectivity index (χ2n) is 9.08. The molecule has 0 aromatic rings. The molecule has 38 heavy (non-hydrogen) atoms. The number of rotatable bonds is 26. The number of phosphoric ester groups is 1. The quantitative estimate of drug-likeness (QED) is 0.0392. The van der Waals surface area contributed by atoms with Gasteiger partial charge in [-0.1, -0.05) is 77.6 Å². The van der Waals surface area contributed by atoms with Gasteiger partial charge in [0.2, 0.25) is 5.91 Å². The number of ether oxygens (including phenoxy) is 3. The van der Waals surface area contributed by atoms with E-state index in [1.807, 2.05) is 0 Å². The van der Waals surface area contributed by atoms with Crippen molar-refractivity contribution >= 4 is 19.7 Å². The molecule has 0 bridgehead atoms. The third kappa shape index (κ3) is 35.0. The second-order valence-corrected chi connectivity index (χ2v) is 10.2. The maximum absolute atomic E-state index is 12.1. The summed E-state index contributed by atoms with van der Waals surface area (Å²) in [6.45, 7) is 4.23. The summed E-state index contributed by atoms with van der Waals surface area (Å²) in [5.74, 6) is -0.457. The van der Waals surface area contributed by atoms with Crippen molar-refractivity contribution in [1.29, 1.82) is 0 Å². The zero-order valence-electron chi connectivity index (χ0n) is 24.3. The number of unbranched alkanes of at least 4 members (excludes halogenated alkanes) is 12. The van der Waals surface area contributed by atoms with Crippen LogP contribution in [-0.4, -0.2) is 51.1 Å². The molecule has 0 aliphatic rings. The molecule has 0 saturated carbocycles. The van der Waals surface area contributed by atoms with Crippen molar-refractivity contribution in [2.75, 3.05) is 33.2 Å². The van der Waals surface area contributed by atoms with Gasteiger partial charge in [-0.25, -0.2) is 0 Å². The number of amides is 1. The first-order valence-electron chi connectivity index (χ1n) is 13.5. The summed E-state index contributed by atoms with van der Waals surface area (Å²) >= 11 is 0. The van der Waals surface area contributed by atoms with Crippen molar-refractivity contribution in [3.63, 3.8) is 0 Å². The van der Waals surface area contributed by atoms with Crippen LogP contribution in [-0.2, 0) is 32.9 Å². The summed E-state index contributed by atoms with van der Waals surface area (Å²) < 4.78 is 31.1. The minimum absolute atomic E-state index is 0. The molecule has 0 unspecified atom stereocenters. The Hall–Kier alpha value is 0.970. The van der Waals surface area contributed by atoms with E-state index in [-0.39, 0.29) is 84.8 Å². The van der Waals surface area contributed by atoms with Gasteiger partial charge < -0.3 is 38.4 Å². The molecule has 0 aliphatic heterocycles. The number of esters is 1. The van der Waals surface area contributed by atoms with E-state index in [2.05, 4.69) is 16.8 Å². The molecule has 1 atom stereocenters. The van der Waals surface area contributed by atoms with E-state index in [4.69, 9.17) is 14.2 Å². The van der Waals surface area contributed by atoms with Crippen molar-refractivity contribution in [2.24, 2.45) is 0 Å². The van der Waals surface area contributed by atoms with Gasteiger partial charge in [0.15, 0.2) is 0 Å². The first-order chi connectivity index (χ1) is 17.2. The van der Waals surface area contributed by atoms with E-state index < -0.39 is 26.5 Å². The second kappa shape index (κ2) is 30.9. The smallest absolute Gasteiger partial charge is 0.790 e. The standard InChI is InChI=1S/C25H50NO9P.2Na/c1-3-4-5-6-8-11-14-17-25(28)35-24(21-34-36(29,30)31)20-33-22-32-19-16-13-10-7-9-12-15-18-26-23(2)27;;/h24H,3-22H2,1-2H3,(H,26,27)(H2,29,30,31);;/q;2*+1/p-2/t24-;;/m0../s1. The predicted molar refractivity (Wildman–Crippen MR) is 134 cm³/mol. The van der Waals surface area contributed by atoms with E-state index >= 15 is 0 Å². The molecule has 0 fully saturated rings. The van der Waals surface area contributed by atoms with Gasteiger partial charge in [0.05, 0.1) is 21.0 Å². The summed E-state index contributed by atoms with van der Waals surface area (Å²) in [5.41, 5.74) is 0. The van der Waals surface area contributed by atoms with Crippen LogP contribution in [0.15, 0.2) is 0 Å². The Labute approximate surface area is 274 Å². The Morgan fingerprint density at radius 3 is 1.92 bits per heavy atom. The minimum atomic E-state index is -5.17. The van der Waals surface area contributed by atoms with Gasteiger partial charge in [0.1, 0.15) is 12.9 Å². The van der Waals surface area contributed by atoms with Gasteiger partial charge in [-0.3, -0.25) is 9.59 Å². The van der Waals surface area contributed by atoms with Crippen LogP contribution in [0.25, 0.3) is 0 Å². The van der Waals surface area contributed by atoms with Crippen LogP contribution < -0.4 is 74.2 Å². The predicted octanol–water partition coefficient (Wildman–Crippen LogP) is -2.25. The Balaban J connectivity index is -0.00000612. The summed E-state index contributed by atoms with van der Waals surface area (Å²) in [5, 5.41) is 2.79. The summed E-state index contributed by atoms with van der Waals surface area (Å²) in [6.07, 6.45) is 14.1. The average Bonchev–Trinajstić information content (AvgIpc) is 2.81. The van der Waals surface area contributed by atoms with Crippen LogP contribution in [0.3, 0.4) is 0 Å². The Bertz CT molecular complexity index is 597. The van der Waals surface area contributed by atoms with E-state index in [1.54, 1.807) is 0 Å². The molecule has 0 spiro atoms. The molecule has 0 aliphatic carbocycles. The molecule has 10 nitrogen and oxygen atoms in total. The fourth-order valence-electron chi connectivity index (χ4n) is 3.54. The van der Waals surface area contributed by atoms with Gasteiger partial charge in [0, 0.05) is 26.5 Å². The van der Waals surface area contributed by atoms with Crippen LogP contribution in [0.2, 0.25) is 0 Å². The zero-order valence-corrected chi connectivity index (χ0v) is 29.2. The molecule has 0 aromatic heterocycles. The van der Waals surface area contributed by atoms with Gasteiger partial charge >= 0.3 is 65.1 Å². The zero-order chi connectivity index (χ0) is 26.9. The largest absolute Gasteiger partial charge is 1.00 e. The SMILES string of the molecule is CCCCCCCCCC(=O)O[C@@H](COCOCCCCCCCCCNC(C)=O)COP(=O)([O-])[O-].[Na+].[Na+]. The molecular formula is C25H48NNa2O9P. The van der Waals surface area contributed by atoms with E-state index in [9.17, 15) is 23.9 Å². The normalized spacial score (nSPS) is 11.8. The van der Waals surface area contributed by atoms with E-state index in [1.165, 1.54) is 26.2 Å². The topological polar surface area (TPSA) is 146 Å².